The Kier molecular flexibility index (Phi) is 17.0. The Morgan fingerprint density at radius 2 is 1.29 bits per heavy atom. The van der Waals surface area contributed by atoms with Gasteiger partial charge in [-0.05, 0) is 19.3 Å². The van der Waals surface area contributed by atoms with Crippen molar-refractivity contribution < 1.29 is 14.6 Å². The summed E-state index contributed by atoms with van der Waals surface area (Å²) in [6.45, 7) is 3.13. The highest BCUT2D eigenvalue weighted by atomic mass is 16.5. The average molecular weight is 300 g/mol. The molecule has 0 heterocycles. The van der Waals surface area contributed by atoms with E-state index in [4.69, 9.17) is 9.84 Å². The van der Waals surface area contributed by atoms with Crippen molar-refractivity contribution in [2.45, 2.75) is 96.8 Å². The second kappa shape index (κ2) is 17.5. The summed E-state index contributed by atoms with van der Waals surface area (Å²) in [6.07, 6.45) is 15.7. The minimum atomic E-state index is -0.0312. The second-order valence-electron chi connectivity index (χ2n) is 5.94. The van der Waals surface area contributed by atoms with E-state index in [1.54, 1.807) is 0 Å². The van der Waals surface area contributed by atoms with Crippen LogP contribution in [-0.2, 0) is 9.53 Å². The van der Waals surface area contributed by atoms with E-state index in [9.17, 15) is 4.79 Å². The van der Waals surface area contributed by atoms with Gasteiger partial charge in [-0.15, -0.1) is 0 Å². The smallest absolute Gasteiger partial charge is 0.305 e. The maximum atomic E-state index is 11.5. The van der Waals surface area contributed by atoms with Crippen molar-refractivity contribution in [3.63, 3.8) is 0 Å². The lowest BCUT2D eigenvalue weighted by atomic mass is 10.1. The number of aliphatic hydroxyl groups excluding tert-OH is 1. The van der Waals surface area contributed by atoms with Gasteiger partial charge in [0.1, 0.15) is 0 Å². The molecule has 0 saturated heterocycles. The molecule has 0 aromatic heterocycles. The van der Waals surface area contributed by atoms with E-state index in [2.05, 4.69) is 6.92 Å². The zero-order chi connectivity index (χ0) is 15.6. The van der Waals surface area contributed by atoms with Crippen LogP contribution < -0.4 is 0 Å². The number of hydrogen-bond donors (Lipinski definition) is 1. The largest absolute Gasteiger partial charge is 0.466 e. The van der Waals surface area contributed by atoms with E-state index < -0.39 is 0 Å². The second-order valence-corrected chi connectivity index (χ2v) is 5.94. The fourth-order valence-electron chi connectivity index (χ4n) is 2.41. The molecule has 0 fully saturated rings. The van der Waals surface area contributed by atoms with Gasteiger partial charge in [0, 0.05) is 13.0 Å². The molecule has 1 N–H and O–H groups in total. The summed E-state index contributed by atoms with van der Waals surface area (Å²) in [4.78, 5) is 11.5. The van der Waals surface area contributed by atoms with Crippen LogP contribution in [0.25, 0.3) is 0 Å². The van der Waals surface area contributed by atoms with Crippen LogP contribution in [0.2, 0.25) is 0 Å². The van der Waals surface area contributed by atoms with Crippen LogP contribution in [0.3, 0.4) is 0 Å². The molecule has 3 heteroatoms. The van der Waals surface area contributed by atoms with E-state index in [0.717, 1.165) is 44.9 Å². The molecule has 3 nitrogen and oxygen atoms in total. The fraction of sp³-hybridized carbons (Fsp3) is 0.944. The molecule has 0 rings (SSSR count). The summed E-state index contributed by atoms with van der Waals surface area (Å²) >= 11 is 0. The van der Waals surface area contributed by atoms with Gasteiger partial charge in [-0.3, -0.25) is 4.79 Å². The summed E-state index contributed by atoms with van der Waals surface area (Å²) in [7, 11) is 0. The highest BCUT2D eigenvalue weighted by Crippen LogP contribution is 2.09. The third kappa shape index (κ3) is 17.4. The standard InChI is InChI=1S/C18H36O3/c1-2-3-4-5-8-11-14-17-21-18(20)15-12-9-6-7-10-13-16-19/h19H,2-17H2,1H3. The van der Waals surface area contributed by atoms with E-state index >= 15 is 0 Å². The Balaban J connectivity index is 3.13. The Labute approximate surface area is 131 Å². The molecule has 0 radical (unpaired) electrons. The molecular weight excluding hydrogens is 264 g/mol. The van der Waals surface area contributed by atoms with Crippen LogP contribution in [0.1, 0.15) is 96.8 Å². The Morgan fingerprint density at radius 3 is 1.90 bits per heavy atom. The van der Waals surface area contributed by atoms with Crippen LogP contribution in [0.5, 0.6) is 0 Å². The van der Waals surface area contributed by atoms with Gasteiger partial charge in [0.2, 0.25) is 0 Å². The SMILES string of the molecule is CCCCCCCCCOC(=O)CCCCCCCCO. The van der Waals surface area contributed by atoms with Gasteiger partial charge in [0.15, 0.2) is 0 Å². The number of ether oxygens (including phenoxy) is 1. The van der Waals surface area contributed by atoms with Crippen molar-refractivity contribution in [3.05, 3.63) is 0 Å². The first-order valence-electron chi connectivity index (χ1n) is 9.07. The van der Waals surface area contributed by atoms with Gasteiger partial charge in [-0.1, -0.05) is 71.1 Å². The molecule has 0 spiro atoms. The molecule has 0 atom stereocenters. The number of esters is 1. The summed E-state index contributed by atoms with van der Waals surface area (Å²) in [6, 6.07) is 0. The Hall–Kier alpha value is -0.570. The van der Waals surface area contributed by atoms with Crippen LogP contribution in [0.4, 0.5) is 0 Å². The number of carbonyl (C=O) groups is 1. The van der Waals surface area contributed by atoms with Crippen molar-refractivity contribution in [1.29, 1.82) is 0 Å². The highest BCUT2D eigenvalue weighted by molar-refractivity contribution is 5.69. The van der Waals surface area contributed by atoms with Gasteiger partial charge in [-0.2, -0.15) is 0 Å². The number of hydrogen-bond acceptors (Lipinski definition) is 3. The molecule has 0 aliphatic rings. The van der Waals surface area contributed by atoms with Crippen LogP contribution in [0.15, 0.2) is 0 Å². The fourth-order valence-corrected chi connectivity index (χ4v) is 2.41. The zero-order valence-electron chi connectivity index (χ0n) is 14.1. The summed E-state index contributed by atoms with van der Waals surface area (Å²) in [5.74, 6) is -0.0312. The number of aliphatic hydroxyl groups is 1. The molecule has 0 aromatic carbocycles. The van der Waals surface area contributed by atoms with Crippen molar-refractivity contribution in [2.75, 3.05) is 13.2 Å². The Bertz CT molecular complexity index is 217. The molecular formula is C18H36O3. The van der Waals surface area contributed by atoms with Crippen LogP contribution in [-0.4, -0.2) is 24.3 Å². The van der Waals surface area contributed by atoms with E-state index in [1.165, 1.54) is 38.5 Å². The number of unbranched alkanes of at least 4 members (excludes halogenated alkanes) is 11. The van der Waals surface area contributed by atoms with E-state index in [-0.39, 0.29) is 5.97 Å². The van der Waals surface area contributed by atoms with Crippen LogP contribution in [0, 0.1) is 0 Å². The molecule has 0 unspecified atom stereocenters. The highest BCUT2D eigenvalue weighted by Gasteiger charge is 2.02. The summed E-state index contributed by atoms with van der Waals surface area (Å²) < 4.78 is 5.24. The zero-order valence-corrected chi connectivity index (χ0v) is 14.1. The molecule has 0 saturated carbocycles. The third-order valence-corrected chi connectivity index (χ3v) is 3.80. The van der Waals surface area contributed by atoms with E-state index in [1.807, 2.05) is 0 Å². The van der Waals surface area contributed by atoms with E-state index in [0.29, 0.717) is 19.6 Å². The normalized spacial score (nSPS) is 10.8. The molecule has 0 amide bonds. The topological polar surface area (TPSA) is 46.5 Å². The molecule has 0 bridgehead atoms. The summed E-state index contributed by atoms with van der Waals surface area (Å²) in [5, 5.41) is 8.66. The number of carbonyl (C=O) groups excluding carboxylic acids is 1. The van der Waals surface area contributed by atoms with Gasteiger partial charge in [0.05, 0.1) is 6.61 Å². The van der Waals surface area contributed by atoms with Gasteiger partial charge >= 0.3 is 5.97 Å². The first-order chi connectivity index (χ1) is 10.3. The predicted molar refractivity (Wildman–Crippen MR) is 88.4 cm³/mol. The van der Waals surface area contributed by atoms with Crippen molar-refractivity contribution in [1.82, 2.24) is 0 Å². The molecule has 0 aliphatic carbocycles. The average Bonchev–Trinajstić information content (AvgIpc) is 2.49. The minimum absolute atomic E-state index is 0.0312. The first kappa shape index (κ1) is 20.4. The first-order valence-corrected chi connectivity index (χ1v) is 9.07. The summed E-state index contributed by atoms with van der Waals surface area (Å²) in [5.41, 5.74) is 0. The monoisotopic (exact) mass is 300 g/mol. The van der Waals surface area contributed by atoms with Crippen LogP contribution >= 0.6 is 0 Å². The van der Waals surface area contributed by atoms with Gasteiger partial charge in [-0.25, -0.2) is 0 Å². The van der Waals surface area contributed by atoms with Gasteiger partial charge < -0.3 is 9.84 Å². The number of rotatable bonds is 16. The Morgan fingerprint density at radius 1 is 0.762 bits per heavy atom. The van der Waals surface area contributed by atoms with Gasteiger partial charge in [0.25, 0.3) is 0 Å². The van der Waals surface area contributed by atoms with Crippen molar-refractivity contribution in [3.8, 4) is 0 Å². The third-order valence-electron chi connectivity index (χ3n) is 3.80. The van der Waals surface area contributed by atoms with Crippen molar-refractivity contribution >= 4 is 5.97 Å². The molecule has 0 aliphatic heterocycles. The molecule has 126 valence electrons. The lowest BCUT2D eigenvalue weighted by Crippen LogP contribution is -2.05. The molecule has 0 aromatic rings. The lowest BCUT2D eigenvalue weighted by Gasteiger charge is -2.05. The predicted octanol–water partition coefficient (Wildman–Crippen LogP) is 5.00. The lowest BCUT2D eigenvalue weighted by molar-refractivity contribution is -0.143. The maximum Gasteiger partial charge on any atom is 0.305 e. The molecule has 21 heavy (non-hydrogen) atoms. The maximum absolute atomic E-state index is 11.5. The minimum Gasteiger partial charge on any atom is -0.466 e. The quantitative estimate of drug-likeness (QED) is 0.322. The van der Waals surface area contributed by atoms with Crippen molar-refractivity contribution in [2.24, 2.45) is 0 Å².